The monoisotopic (exact) mass is 436 g/mol. The molecule has 1 aliphatic rings. The van der Waals surface area contributed by atoms with Gasteiger partial charge in [0.25, 0.3) is 5.91 Å². The van der Waals surface area contributed by atoms with Gasteiger partial charge in [-0.1, -0.05) is 18.2 Å². The lowest BCUT2D eigenvalue weighted by Crippen LogP contribution is -2.40. The zero-order chi connectivity index (χ0) is 22.0. The summed E-state index contributed by atoms with van der Waals surface area (Å²) in [5.41, 5.74) is 4.20. The van der Waals surface area contributed by atoms with E-state index < -0.39 is 0 Å². The van der Waals surface area contributed by atoms with Crippen molar-refractivity contribution < 1.29 is 14.3 Å². The van der Waals surface area contributed by atoms with Gasteiger partial charge in [-0.2, -0.15) is 0 Å². The van der Waals surface area contributed by atoms with E-state index in [2.05, 4.69) is 16.3 Å². The fourth-order valence-electron chi connectivity index (χ4n) is 4.20. The molecule has 0 aliphatic carbocycles. The first kappa shape index (κ1) is 21.4. The van der Waals surface area contributed by atoms with Crippen molar-refractivity contribution in [2.45, 2.75) is 19.0 Å². The maximum absolute atomic E-state index is 13.6. The van der Waals surface area contributed by atoms with Gasteiger partial charge in [0.2, 0.25) is 0 Å². The molecule has 31 heavy (non-hydrogen) atoms. The van der Waals surface area contributed by atoms with Crippen LogP contribution >= 0.6 is 11.3 Å². The average Bonchev–Trinajstić information content (AvgIpc) is 3.31. The lowest BCUT2D eigenvalue weighted by atomic mass is 9.90. The minimum Gasteiger partial charge on any atom is -0.493 e. The van der Waals surface area contributed by atoms with Gasteiger partial charge >= 0.3 is 0 Å². The van der Waals surface area contributed by atoms with Gasteiger partial charge in [0.05, 0.1) is 20.3 Å². The van der Waals surface area contributed by atoms with Crippen LogP contribution in [-0.2, 0) is 13.0 Å². The van der Waals surface area contributed by atoms with Crippen LogP contribution in [0.1, 0.15) is 38.0 Å². The lowest BCUT2D eigenvalue weighted by Gasteiger charge is -2.37. The van der Waals surface area contributed by atoms with Crippen LogP contribution in [0.4, 0.5) is 0 Å². The Morgan fingerprint density at radius 2 is 1.81 bits per heavy atom. The van der Waals surface area contributed by atoms with Gasteiger partial charge in [0, 0.05) is 23.5 Å². The smallest absolute Gasteiger partial charge is 0.254 e. The summed E-state index contributed by atoms with van der Waals surface area (Å²) in [6.45, 7) is 1.51. The molecule has 162 valence electrons. The normalized spacial score (nSPS) is 15.6. The van der Waals surface area contributed by atoms with Gasteiger partial charge in [-0.05, 0) is 72.9 Å². The van der Waals surface area contributed by atoms with Gasteiger partial charge in [0.1, 0.15) is 0 Å². The predicted octanol–water partition coefficient (Wildman–Crippen LogP) is 4.61. The molecule has 0 saturated heterocycles. The topological polar surface area (TPSA) is 42.0 Å². The summed E-state index contributed by atoms with van der Waals surface area (Å²) in [5.74, 6) is 1.46. The van der Waals surface area contributed by atoms with Crippen LogP contribution < -0.4 is 9.47 Å². The number of thiophene rings is 1. The fraction of sp³-hybridized carbons (Fsp3) is 0.320. The number of amides is 1. The number of rotatable bonds is 6. The maximum Gasteiger partial charge on any atom is 0.254 e. The SMILES string of the molecule is COc1cc2c(cc1OC)[C@H](c1cccs1)N(C(=O)c1ccc(CN(C)C)cc1)CC2. The van der Waals surface area contributed by atoms with E-state index in [1.165, 1.54) is 11.1 Å². The van der Waals surface area contributed by atoms with Crippen molar-refractivity contribution >= 4 is 17.2 Å². The van der Waals surface area contributed by atoms with E-state index in [0.717, 1.165) is 29.2 Å². The molecule has 1 atom stereocenters. The first-order chi connectivity index (χ1) is 15.0. The number of ether oxygens (including phenoxy) is 2. The second-order valence-corrected chi connectivity index (χ2v) is 8.99. The Labute approximate surface area is 187 Å². The third-order valence-electron chi connectivity index (χ3n) is 5.65. The molecule has 2 heterocycles. The Balaban J connectivity index is 1.72. The van der Waals surface area contributed by atoms with Crippen LogP contribution in [0.15, 0.2) is 53.9 Å². The highest BCUT2D eigenvalue weighted by Crippen LogP contribution is 2.42. The summed E-state index contributed by atoms with van der Waals surface area (Å²) >= 11 is 1.67. The average molecular weight is 437 g/mol. The Bertz CT molecular complexity index is 1050. The zero-order valence-electron chi connectivity index (χ0n) is 18.4. The largest absolute Gasteiger partial charge is 0.493 e. The van der Waals surface area contributed by atoms with Crippen LogP contribution in [0.3, 0.4) is 0 Å². The van der Waals surface area contributed by atoms with Gasteiger partial charge in [-0.25, -0.2) is 0 Å². The number of benzene rings is 2. The van der Waals surface area contributed by atoms with Crippen LogP contribution in [-0.4, -0.2) is 50.6 Å². The number of methoxy groups -OCH3 is 2. The Morgan fingerprint density at radius 3 is 2.42 bits per heavy atom. The number of carbonyl (C=O) groups excluding carboxylic acids is 1. The molecule has 0 fully saturated rings. The molecule has 5 nitrogen and oxygen atoms in total. The van der Waals surface area contributed by atoms with E-state index in [0.29, 0.717) is 17.9 Å². The molecule has 0 saturated carbocycles. The van der Waals surface area contributed by atoms with E-state index in [9.17, 15) is 4.79 Å². The fourth-order valence-corrected chi connectivity index (χ4v) is 5.06. The molecule has 1 aliphatic heterocycles. The Morgan fingerprint density at radius 1 is 1.10 bits per heavy atom. The summed E-state index contributed by atoms with van der Waals surface area (Å²) in [6, 6.07) is 16.0. The highest BCUT2D eigenvalue weighted by Gasteiger charge is 2.34. The van der Waals surface area contributed by atoms with Crippen molar-refractivity contribution in [3.8, 4) is 11.5 Å². The lowest BCUT2D eigenvalue weighted by molar-refractivity contribution is 0.0697. The van der Waals surface area contributed by atoms with Gasteiger partial charge in [0.15, 0.2) is 11.5 Å². The van der Waals surface area contributed by atoms with Gasteiger partial charge in [-0.3, -0.25) is 4.79 Å². The molecular weight excluding hydrogens is 408 g/mol. The zero-order valence-corrected chi connectivity index (χ0v) is 19.2. The van der Waals surface area contributed by atoms with E-state index in [1.807, 2.05) is 61.5 Å². The minimum atomic E-state index is -0.141. The van der Waals surface area contributed by atoms with Crippen LogP contribution in [0, 0.1) is 0 Å². The second kappa shape index (κ2) is 9.12. The van der Waals surface area contributed by atoms with Gasteiger partial charge in [-0.15, -0.1) is 11.3 Å². The van der Waals surface area contributed by atoms with Crippen molar-refractivity contribution in [3.63, 3.8) is 0 Å². The number of hydrogen-bond acceptors (Lipinski definition) is 5. The summed E-state index contributed by atoms with van der Waals surface area (Å²) < 4.78 is 11.1. The summed E-state index contributed by atoms with van der Waals surface area (Å²) in [6.07, 6.45) is 0.780. The molecule has 1 amide bonds. The second-order valence-electron chi connectivity index (χ2n) is 8.01. The third-order valence-corrected chi connectivity index (χ3v) is 6.57. The first-order valence-electron chi connectivity index (χ1n) is 10.3. The van der Waals surface area contributed by atoms with Crippen molar-refractivity contribution in [2.24, 2.45) is 0 Å². The highest BCUT2D eigenvalue weighted by atomic mass is 32.1. The molecule has 6 heteroatoms. The number of nitrogens with zero attached hydrogens (tertiary/aromatic N) is 2. The Hall–Kier alpha value is -2.83. The quantitative estimate of drug-likeness (QED) is 0.566. The maximum atomic E-state index is 13.6. The standard InChI is InChI=1S/C25H28N2O3S/c1-26(2)16-17-7-9-18(10-8-17)25(28)27-12-11-19-14-21(29-3)22(30-4)15-20(19)24(27)23-6-5-13-31-23/h5-10,13-15,24H,11-12,16H2,1-4H3/t24-/m1/s1. The van der Waals surface area contributed by atoms with Crippen molar-refractivity contribution in [1.29, 1.82) is 0 Å². The van der Waals surface area contributed by atoms with Crippen molar-refractivity contribution in [2.75, 3.05) is 34.9 Å². The predicted molar refractivity (Wildman–Crippen MR) is 124 cm³/mol. The molecule has 4 rings (SSSR count). The van der Waals surface area contributed by atoms with Crippen molar-refractivity contribution in [1.82, 2.24) is 9.80 Å². The molecule has 0 bridgehead atoms. The van der Waals surface area contributed by atoms with Crippen LogP contribution in [0.5, 0.6) is 11.5 Å². The molecule has 0 radical (unpaired) electrons. The van der Waals surface area contributed by atoms with Gasteiger partial charge < -0.3 is 19.3 Å². The number of hydrogen-bond donors (Lipinski definition) is 0. The molecule has 3 aromatic rings. The van der Waals surface area contributed by atoms with Crippen LogP contribution in [0.25, 0.3) is 0 Å². The molecule has 0 unspecified atom stereocenters. The van der Waals surface area contributed by atoms with Crippen molar-refractivity contribution in [3.05, 3.63) is 81.0 Å². The van der Waals surface area contributed by atoms with Crippen LogP contribution in [0.2, 0.25) is 0 Å². The van der Waals surface area contributed by atoms with E-state index >= 15 is 0 Å². The summed E-state index contributed by atoms with van der Waals surface area (Å²) in [4.78, 5) is 18.8. The number of carbonyl (C=O) groups is 1. The molecule has 2 aromatic carbocycles. The summed E-state index contributed by atoms with van der Waals surface area (Å²) in [5, 5.41) is 2.06. The first-order valence-corrected chi connectivity index (χ1v) is 11.2. The van der Waals surface area contributed by atoms with E-state index in [-0.39, 0.29) is 11.9 Å². The summed E-state index contributed by atoms with van der Waals surface area (Å²) in [7, 11) is 7.38. The van der Waals surface area contributed by atoms with E-state index in [1.54, 1.807) is 25.6 Å². The molecule has 0 N–H and O–H groups in total. The highest BCUT2D eigenvalue weighted by molar-refractivity contribution is 7.10. The van der Waals surface area contributed by atoms with E-state index in [4.69, 9.17) is 9.47 Å². The molecule has 1 aromatic heterocycles. The Kier molecular flexibility index (Phi) is 6.30. The minimum absolute atomic E-state index is 0.0511. The number of fused-ring (bicyclic) bond motifs is 1. The third kappa shape index (κ3) is 4.31. The molecular formula is C25H28N2O3S. The molecule has 0 spiro atoms.